The van der Waals surface area contributed by atoms with Crippen LogP contribution in [0.3, 0.4) is 0 Å². The highest BCUT2D eigenvalue weighted by Crippen LogP contribution is 2.37. The number of benzene rings is 1. The van der Waals surface area contributed by atoms with Gasteiger partial charge in [-0.2, -0.15) is 13.2 Å². The molecule has 2 aromatic heterocycles. The lowest BCUT2D eigenvalue weighted by atomic mass is 9.98. The van der Waals surface area contributed by atoms with Crippen molar-refractivity contribution in [3.63, 3.8) is 0 Å². The molecule has 1 aromatic carbocycles. The molecular weight excluding hydrogens is 347 g/mol. The van der Waals surface area contributed by atoms with Gasteiger partial charge in [-0.15, -0.1) is 0 Å². The number of aldehydes is 1. The minimum Gasteiger partial charge on any atom is -0.462 e. The molecule has 0 saturated carbocycles. The van der Waals surface area contributed by atoms with E-state index < -0.39 is 17.7 Å². The fourth-order valence-electron chi connectivity index (χ4n) is 2.90. The van der Waals surface area contributed by atoms with Crippen LogP contribution in [0, 0.1) is 0 Å². The van der Waals surface area contributed by atoms with Gasteiger partial charge in [0, 0.05) is 11.8 Å². The Bertz CT molecular complexity index is 989. The van der Waals surface area contributed by atoms with Crippen molar-refractivity contribution in [2.24, 2.45) is 0 Å². The molecular formula is C19H14F3NO3. The third-order valence-corrected chi connectivity index (χ3v) is 3.95. The number of esters is 1. The fourth-order valence-corrected chi connectivity index (χ4v) is 2.90. The highest BCUT2D eigenvalue weighted by molar-refractivity contribution is 6.09. The summed E-state index contributed by atoms with van der Waals surface area (Å²) in [4.78, 5) is 24.2. The molecule has 0 atom stereocenters. The summed E-state index contributed by atoms with van der Waals surface area (Å²) in [6.07, 6.45) is -2.45. The van der Waals surface area contributed by atoms with Gasteiger partial charge in [0.2, 0.25) is 0 Å². The number of nitrogens with zero attached hydrogens (tertiary/aromatic N) is 1. The molecule has 0 saturated heterocycles. The molecule has 0 fully saturated rings. The first kappa shape index (κ1) is 17.7. The Kier molecular flexibility index (Phi) is 4.54. The fraction of sp³-hybridized carbons (Fsp3) is 0.158. The SMILES string of the molecule is CCOC(=O)c1c(-c2cccc(C(F)(F)F)c2)c(C=O)n2ccccc12. The van der Waals surface area contributed by atoms with Crippen LogP contribution in [0.4, 0.5) is 13.2 Å². The van der Waals surface area contributed by atoms with Crippen LogP contribution in [0.1, 0.15) is 33.3 Å². The quantitative estimate of drug-likeness (QED) is 0.503. The first-order valence-electron chi connectivity index (χ1n) is 7.81. The van der Waals surface area contributed by atoms with Gasteiger partial charge in [-0.1, -0.05) is 18.2 Å². The van der Waals surface area contributed by atoms with Gasteiger partial charge < -0.3 is 9.14 Å². The average molecular weight is 361 g/mol. The number of alkyl halides is 3. The number of aromatic nitrogens is 1. The van der Waals surface area contributed by atoms with Gasteiger partial charge in [-0.25, -0.2) is 4.79 Å². The standard InChI is InChI=1S/C19H14F3NO3/c1-2-26-18(25)17-14-8-3-4-9-23(14)15(11-24)16(17)12-6-5-7-13(10-12)19(20,21)22/h3-11H,2H2,1H3. The summed E-state index contributed by atoms with van der Waals surface area (Å²) in [6, 6.07) is 9.46. The summed E-state index contributed by atoms with van der Waals surface area (Å²) in [5, 5.41) is 0. The van der Waals surface area contributed by atoms with Crippen LogP contribution < -0.4 is 0 Å². The molecule has 2 heterocycles. The van der Waals surface area contributed by atoms with Crippen molar-refractivity contribution in [3.8, 4) is 11.1 Å². The number of fused-ring (bicyclic) bond motifs is 1. The van der Waals surface area contributed by atoms with Crippen LogP contribution in [0.2, 0.25) is 0 Å². The molecule has 0 radical (unpaired) electrons. The maximum atomic E-state index is 13.1. The molecule has 0 aliphatic heterocycles. The van der Waals surface area contributed by atoms with E-state index in [4.69, 9.17) is 4.74 Å². The van der Waals surface area contributed by atoms with Crippen LogP contribution in [-0.2, 0) is 10.9 Å². The van der Waals surface area contributed by atoms with E-state index in [0.29, 0.717) is 11.8 Å². The molecule has 3 aromatic rings. The van der Waals surface area contributed by atoms with Gasteiger partial charge in [0.25, 0.3) is 0 Å². The number of rotatable bonds is 4. The van der Waals surface area contributed by atoms with Crippen molar-refractivity contribution >= 4 is 17.8 Å². The molecule has 0 amide bonds. The first-order chi connectivity index (χ1) is 12.4. The number of pyridine rings is 1. The molecule has 134 valence electrons. The van der Waals surface area contributed by atoms with Crippen LogP contribution in [0.15, 0.2) is 48.7 Å². The Morgan fingerprint density at radius 1 is 1.19 bits per heavy atom. The second kappa shape index (κ2) is 6.67. The molecule has 3 rings (SSSR count). The van der Waals surface area contributed by atoms with E-state index in [1.165, 1.54) is 16.5 Å². The van der Waals surface area contributed by atoms with Gasteiger partial charge in [-0.3, -0.25) is 4.79 Å². The van der Waals surface area contributed by atoms with Crippen molar-refractivity contribution in [2.45, 2.75) is 13.1 Å². The number of carbonyl (C=O) groups excluding carboxylic acids is 2. The van der Waals surface area contributed by atoms with E-state index >= 15 is 0 Å². The topological polar surface area (TPSA) is 47.8 Å². The number of ether oxygens (including phenoxy) is 1. The van der Waals surface area contributed by atoms with E-state index in [1.807, 2.05) is 0 Å². The van der Waals surface area contributed by atoms with Crippen LogP contribution in [-0.4, -0.2) is 23.3 Å². The highest BCUT2D eigenvalue weighted by atomic mass is 19.4. The average Bonchev–Trinajstić information content (AvgIpc) is 2.95. The van der Waals surface area contributed by atoms with E-state index in [9.17, 15) is 22.8 Å². The number of halogens is 3. The maximum absolute atomic E-state index is 13.1. The minimum absolute atomic E-state index is 0.0638. The molecule has 0 N–H and O–H groups in total. The second-order valence-corrected chi connectivity index (χ2v) is 5.51. The molecule has 0 spiro atoms. The summed E-state index contributed by atoms with van der Waals surface area (Å²) >= 11 is 0. The molecule has 0 aliphatic rings. The third kappa shape index (κ3) is 2.96. The zero-order valence-electron chi connectivity index (χ0n) is 13.7. The van der Waals surface area contributed by atoms with Crippen LogP contribution >= 0.6 is 0 Å². The van der Waals surface area contributed by atoms with Crippen molar-refractivity contribution in [1.29, 1.82) is 0 Å². The molecule has 0 bridgehead atoms. The Balaban J connectivity index is 2.36. The summed E-state index contributed by atoms with van der Waals surface area (Å²) in [7, 11) is 0. The Hall–Kier alpha value is -3.09. The lowest BCUT2D eigenvalue weighted by Gasteiger charge is -2.10. The predicted molar refractivity (Wildman–Crippen MR) is 89.2 cm³/mol. The Labute approximate surface area is 146 Å². The smallest absolute Gasteiger partial charge is 0.416 e. The summed E-state index contributed by atoms with van der Waals surface area (Å²) in [5.41, 5.74) is -0.0846. The summed E-state index contributed by atoms with van der Waals surface area (Å²) in [6.45, 7) is 1.72. The summed E-state index contributed by atoms with van der Waals surface area (Å²) in [5.74, 6) is -0.697. The Morgan fingerprint density at radius 3 is 2.62 bits per heavy atom. The van der Waals surface area contributed by atoms with E-state index in [-0.39, 0.29) is 29.0 Å². The van der Waals surface area contributed by atoms with Crippen molar-refractivity contribution in [2.75, 3.05) is 6.61 Å². The van der Waals surface area contributed by atoms with E-state index in [2.05, 4.69) is 0 Å². The van der Waals surface area contributed by atoms with Gasteiger partial charge >= 0.3 is 12.1 Å². The molecule has 0 unspecified atom stereocenters. The zero-order chi connectivity index (χ0) is 18.9. The van der Waals surface area contributed by atoms with Crippen molar-refractivity contribution < 1.29 is 27.5 Å². The number of hydrogen-bond acceptors (Lipinski definition) is 3. The predicted octanol–water partition coefficient (Wildman–Crippen LogP) is 4.61. The molecule has 0 aliphatic carbocycles. The lowest BCUT2D eigenvalue weighted by Crippen LogP contribution is -2.07. The molecule has 7 heteroatoms. The largest absolute Gasteiger partial charge is 0.462 e. The van der Waals surface area contributed by atoms with Crippen LogP contribution in [0.25, 0.3) is 16.6 Å². The zero-order valence-corrected chi connectivity index (χ0v) is 13.7. The normalized spacial score (nSPS) is 11.5. The highest BCUT2D eigenvalue weighted by Gasteiger charge is 2.32. The van der Waals surface area contributed by atoms with E-state index in [0.717, 1.165) is 12.1 Å². The van der Waals surface area contributed by atoms with Gasteiger partial charge in [0.1, 0.15) is 0 Å². The lowest BCUT2D eigenvalue weighted by molar-refractivity contribution is -0.137. The second-order valence-electron chi connectivity index (χ2n) is 5.51. The third-order valence-electron chi connectivity index (χ3n) is 3.95. The summed E-state index contributed by atoms with van der Waals surface area (Å²) < 4.78 is 45.8. The monoisotopic (exact) mass is 361 g/mol. The molecule has 26 heavy (non-hydrogen) atoms. The molecule has 4 nitrogen and oxygen atoms in total. The van der Waals surface area contributed by atoms with Crippen molar-refractivity contribution in [1.82, 2.24) is 4.40 Å². The van der Waals surface area contributed by atoms with Gasteiger partial charge in [-0.05, 0) is 36.8 Å². The van der Waals surface area contributed by atoms with E-state index in [1.54, 1.807) is 31.3 Å². The van der Waals surface area contributed by atoms with Crippen molar-refractivity contribution in [3.05, 3.63) is 65.5 Å². The van der Waals surface area contributed by atoms with Crippen LogP contribution in [0.5, 0.6) is 0 Å². The Morgan fingerprint density at radius 2 is 1.96 bits per heavy atom. The minimum atomic E-state index is -4.54. The number of carbonyl (C=O) groups is 2. The van der Waals surface area contributed by atoms with Gasteiger partial charge in [0.05, 0.1) is 28.9 Å². The number of hydrogen-bond donors (Lipinski definition) is 0. The maximum Gasteiger partial charge on any atom is 0.416 e. The first-order valence-corrected chi connectivity index (χ1v) is 7.81. The van der Waals surface area contributed by atoms with Gasteiger partial charge in [0.15, 0.2) is 6.29 Å².